The summed E-state index contributed by atoms with van der Waals surface area (Å²) < 4.78 is 32.0. The van der Waals surface area contributed by atoms with Gasteiger partial charge < -0.3 is 15.4 Å². The molecule has 4 rings (SSSR count). The molecule has 1 aliphatic carbocycles. The number of aryl methyl sites for hydroxylation is 1. The summed E-state index contributed by atoms with van der Waals surface area (Å²) in [5.41, 5.74) is 9.48. The molecule has 1 aliphatic rings. The highest BCUT2D eigenvalue weighted by molar-refractivity contribution is 7.71. The lowest BCUT2D eigenvalue weighted by atomic mass is 9.87. The summed E-state index contributed by atoms with van der Waals surface area (Å²) in [6.07, 6.45) is 3.94. The van der Waals surface area contributed by atoms with Crippen LogP contribution in [0.25, 0.3) is 5.69 Å². The minimum atomic E-state index is -1.04. The molecule has 0 fully saturated rings. The number of para-hydroxylation sites is 1. The Labute approximate surface area is 183 Å². The summed E-state index contributed by atoms with van der Waals surface area (Å²) in [6.45, 7) is 2.16. The summed E-state index contributed by atoms with van der Waals surface area (Å²) in [7, 11) is 0. The van der Waals surface area contributed by atoms with Crippen LogP contribution in [0.2, 0.25) is 0 Å². The summed E-state index contributed by atoms with van der Waals surface area (Å²) in [6, 6.07) is 7.33. The van der Waals surface area contributed by atoms with Crippen molar-refractivity contribution >= 4 is 18.2 Å². The predicted molar refractivity (Wildman–Crippen MR) is 116 cm³/mol. The van der Waals surface area contributed by atoms with Crippen LogP contribution >= 0.6 is 12.2 Å². The second kappa shape index (κ2) is 8.36. The number of imidazole rings is 1. The summed E-state index contributed by atoms with van der Waals surface area (Å²) in [5, 5.41) is 9.73. The lowest BCUT2D eigenvalue weighted by Crippen LogP contribution is -2.22. The third-order valence-corrected chi connectivity index (χ3v) is 6.37. The van der Waals surface area contributed by atoms with E-state index in [4.69, 9.17) is 18.0 Å². The van der Waals surface area contributed by atoms with Gasteiger partial charge in [-0.2, -0.15) is 0 Å². The molecular weight excluding hydrogens is 420 g/mol. The van der Waals surface area contributed by atoms with Crippen LogP contribution in [0.4, 0.5) is 8.78 Å². The Balaban J connectivity index is 1.85. The summed E-state index contributed by atoms with van der Waals surface area (Å²) in [5.74, 6) is -2.15. The van der Waals surface area contributed by atoms with E-state index in [1.807, 2.05) is 17.6 Å². The fourth-order valence-electron chi connectivity index (χ4n) is 4.55. The maximum absolute atomic E-state index is 14.2. The van der Waals surface area contributed by atoms with Gasteiger partial charge in [-0.25, -0.2) is 13.6 Å². The number of carboxylic acid groups (broad SMARTS) is 1. The van der Waals surface area contributed by atoms with Gasteiger partial charge in [0.2, 0.25) is 0 Å². The number of rotatable bonds is 5. The van der Waals surface area contributed by atoms with Gasteiger partial charge in [0.05, 0.1) is 16.9 Å². The number of hydrogen-bond donors (Lipinski definition) is 2. The van der Waals surface area contributed by atoms with Crippen LogP contribution in [0.1, 0.15) is 52.1 Å². The van der Waals surface area contributed by atoms with Crippen molar-refractivity contribution in [3.8, 4) is 5.69 Å². The zero-order valence-corrected chi connectivity index (χ0v) is 17.9. The van der Waals surface area contributed by atoms with Crippen LogP contribution in [-0.2, 0) is 25.8 Å². The Hall–Kier alpha value is -2.84. The van der Waals surface area contributed by atoms with Crippen LogP contribution in [0, 0.1) is 16.4 Å². The number of fused-ring (bicyclic) bond motifs is 1. The largest absolute Gasteiger partial charge is 0.478 e. The highest BCUT2D eigenvalue weighted by atomic mass is 32.1. The molecule has 0 saturated carbocycles. The Morgan fingerprint density at radius 3 is 2.77 bits per heavy atom. The molecule has 0 bridgehead atoms. The van der Waals surface area contributed by atoms with E-state index in [0.717, 1.165) is 17.3 Å². The van der Waals surface area contributed by atoms with Crippen molar-refractivity contribution in [2.75, 3.05) is 0 Å². The normalized spacial score (nSPS) is 15.7. The molecule has 1 aromatic heterocycles. The molecule has 2 aromatic carbocycles. The van der Waals surface area contributed by atoms with Gasteiger partial charge in [-0.1, -0.05) is 19.1 Å². The SMILES string of the molecule is CCc1cccc(C(=O)O)c1-n1cc(CN)n(C2CCc3c(F)cc(F)cc3C2)c1=S. The van der Waals surface area contributed by atoms with Gasteiger partial charge in [-0.15, -0.1) is 0 Å². The topological polar surface area (TPSA) is 73.2 Å². The first kappa shape index (κ1) is 21.4. The first-order valence-corrected chi connectivity index (χ1v) is 10.6. The first-order valence-electron chi connectivity index (χ1n) is 10.2. The molecule has 1 unspecified atom stereocenters. The van der Waals surface area contributed by atoms with Crippen LogP contribution in [0.15, 0.2) is 36.5 Å². The molecular formula is C23H23F2N3O2S. The van der Waals surface area contributed by atoms with Gasteiger partial charge >= 0.3 is 5.97 Å². The fraction of sp³-hybridized carbons (Fsp3) is 0.304. The molecule has 1 heterocycles. The second-order valence-electron chi connectivity index (χ2n) is 7.74. The second-order valence-corrected chi connectivity index (χ2v) is 8.11. The molecule has 8 heteroatoms. The highest BCUT2D eigenvalue weighted by Gasteiger charge is 2.27. The number of nitrogens with zero attached hydrogens (tertiary/aromatic N) is 2. The van der Waals surface area contributed by atoms with E-state index in [2.05, 4.69) is 0 Å². The Kier molecular flexibility index (Phi) is 5.77. The standard InChI is InChI=1S/C23H23F2N3O2S/c1-2-13-4-3-5-19(22(29)30)21(13)27-12-17(11-26)28(23(27)31)16-6-7-18-14(9-16)8-15(24)10-20(18)25/h3-5,8,10,12,16H,2,6-7,9,11,26H2,1H3,(H,29,30). The molecule has 5 nitrogen and oxygen atoms in total. The van der Waals surface area contributed by atoms with Crippen LogP contribution in [-0.4, -0.2) is 20.2 Å². The number of aromatic nitrogens is 2. The molecule has 3 N–H and O–H groups in total. The van der Waals surface area contributed by atoms with Gasteiger partial charge in [0.1, 0.15) is 11.6 Å². The number of benzene rings is 2. The van der Waals surface area contributed by atoms with E-state index < -0.39 is 17.6 Å². The van der Waals surface area contributed by atoms with E-state index in [1.54, 1.807) is 22.9 Å². The Morgan fingerprint density at radius 2 is 2.10 bits per heavy atom. The van der Waals surface area contributed by atoms with Crippen molar-refractivity contribution in [3.63, 3.8) is 0 Å². The van der Waals surface area contributed by atoms with Crippen LogP contribution in [0.5, 0.6) is 0 Å². The first-order chi connectivity index (χ1) is 14.8. The van der Waals surface area contributed by atoms with Gasteiger partial charge in [0, 0.05) is 24.8 Å². The molecule has 3 aromatic rings. The van der Waals surface area contributed by atoms with Crippen molar-refractivity contribution < 1.29 is 18.7 Å². The van der Waals surface area contributed by atoms with Gasteiger partial charge in [-0.3, -0.25) is 4.57 Å². The van der Waals surface area contributed by atoms with Crippen LogP contribution in [0.3, 0.4) is 0 Å². The molecule has 0 amide bonds. The number of carbonyl (C=O) groups is 1. The van der Waals surface area contributed by atoms with Crippen molar-refractivity contribution in [2.45, 2.75) is 45.2 Å². The smallest absolute Gasteiger partial charge is 0.337 e. The molecule has 0 spiro atoms. The third kappa shape index (κ3) is 3.70. The average molecular weight is 444 g/mol. The minimum absolute atomic E-state index is 0.122. The number of halogens is 2. The Bertz CT molecular complexity index is 1230. The predicted octanol–water partition coefficient (Wildman–Crippen LogP) is 4.74. The maximum atomic E-state index is 14.2. The summed E-state index contributed by atoms with van der Waals surface area (Å²) >= 11 is 5.78. The molecule has 1 atom stereocenters. The van der Waals surface area contributed by atoms with Crippen molar-refractivity contribution in [3.05, 3.63) is 80.9 Å². The third-order valence-electron chi connectivity index (χ3n) is 5.98. The lowest BCUT2D eigenvalue weighted by molar-refractivity contribution is 0.0696. The quantitative estimate of drug-likeness (QED) is 0.559. The van der Waals surface area contributed by atoms with Gasteiger partial charge in [0.15, 0.2) is 4.77 Å². The number of nitrogens with two attached hydrogens (primary N) is 1. The Morgan fingerprint density at radius 1 is 1.32 bits per heavy atom. The minimum Gasteiger partial charge on any atom is -0.478 e. The molecule has 162 valence electrons. The van der Waals surface area contributed by atoms with E-state index in [-0.39, 0.29) is 18.2 Å². The molecule has 31 heavy (non-hydrogen) atoms. The number of carboxylic acids is 1. The molecule has 0 saturated heterocycles. The number of hydrogen-bond acceptors (Lipinski definition) is 3. The zero-order valence-electron chi connectivity index (χ0n) is 17.1. The van der Waals surface area contributed by atoms with Crippen molar-refractivity contribution in [1.82, 2.24) is 9.13 Å². The van der Waals surface area contributed by atoms with E-state index in [0.29, 0.717) is 47.3 Å². The monoisotopic (exact) mass is 443 g/mol. The molecule has 0 radical (unpaired) electrons. The van der Waals surface area contributed by atoms with Crippen LogP contribution < -0.4 is 5.73 Å². The number of aromatic carboxylic acids is 1. The van der Waals surface area contributed by atoms with Gasteiger partial charge in [0.25, 0.3) is 0 Å². The summed E-state index contributed by atoms with van der Waals surface area (Å²) in [4.78, 5) is 11.9. The molecule has 0 aliphatic heterocycles. The van der Waals surface area contributed by atoms with E-state index in [1.165, 1.54) is 6.07 Å². The average Bonchev–Trinajstić information content (AvgIpc) is 3.08. The van der Waals surface area contributed by atoms with E-state index >= 15 is 0 Å². The maximum Gasteiger partial charge on any atom is 0.337 e. The van der Waals surface area contributed by atoms with Gasteiger partial charge in [-0.05, 0) is 66.7 Å². The zero-order chi connectivity index (χ0) is 22.3. The van der Waals surface area contributed by atoms with Crippen molar-refractivity contribution in [1.29, 1.82) is 0 Å². The van der Waals surface area contributed by atoms with Crippen molar-refractivity contribution in [2.24, 2.45) is 5.73 Å². The fourth-order valence-corrected chi connectivity index (χ4v) is 4.96. The van der Waals surface area contributed by atoms with E-state index in [9.17, 15) is 18.7 Å². The highest BCUT2D eigenvalue weighted by Crippen LogP contribution is 2.33. The lowest BCUT2D eigenvalue weighted by Gasteiger charge is -2.27.